The van der Waals surface area contributed by atoms with E-state index in [1.165, 1.54) is 83.5 Å². The van der Waals surface area contributed by atoms with Crippen molar-refractivity contribution in [2.75, 3.05) is 41.0 Å². The number of likely N-dealkylation sites (N-methyl/N-ethyl adjacent to an activating group) is 1. The number of esters is 2. The average molecular weight is 763 g/mol. The van der Waals surface area contributed by atoms with Crippen molar-refractivity contribution < 1.29 is 38.2 Å². The van der Waals surface area contributed by atoms with Crippen LogP contribution in [0.5, 0.6) is 0 Å². The number of nitrogens with zero attached hydrogens (tertiary/aromatic N) is 1. The number of hydrogen-bond donors (Lipinski definition) is 1. The van der Waals surface area contributed by atoms with Crippen LogP contribution in [0.4, 0.5) is 0 Å². The van der Waals surface area contributed by atoms with E-state index < -0.39 is 18.1 Å². The molecule has 2 unspecified atom stereocenters. The van der Waals surface area contributed by atoms with Crippen molar-refractivity contribution in [1.29, 1.82) is 0 Å². The lowest BCUT2D eigenvalue weighted by molar-refractivity contribution is -0.887. The molecule has 1 N–H and O–H groups in total. The van der Waals surface area contributed by atoms with E-state index in [0.29, 0.717) is 19.3 Å². The van der Waals surface area contributed by atoms with Crippen molar-refractivity contribution in [1.82, 2.24) is 0 Å². The molecule has 54 heavy (non-hydrogen) atoms. The first-order valence-corrected chi connectivity index (χ1v) is 22.0. The molecule has 0 aromatic carbocycles. The summed E-state index contributed by atoms with van der Waals surface area (Å²) in [6.45, 7) is 4.68. The number of carboxylic acid groups (broad SMARTS) is 1. The Balaban J connectivity index is 4.38. The molecule has 0 bridgehead atoms. The minimum absolute atomic E-state index is 0.0530. The van der Waals surface area contributed by atoms with E-state index in [0.717, 1.165) is 70.6 Å². The van der Waals surface area contributed by atoms with Gasteiger partial charge in [0.05, 0.1) is 34.4 Å². The lowest BCUT2D eigenvalue weighted by Gasteiger charge is -2.31. The van der Waals surface area contributed by atoms with Crippen LogP contribution in [0.15, 0.2) is 36.5 Å². The van der Waals surface area contributed by atoms with Gasteiger partial charge < -0.3 is 23.8 Å². The normalized spacial score (nSPS) is 13.3. The van der Waals surface area contributed by atoms with Crippen molar-refractivity contribution in [3.05, 3.63) is 36.5 Å². The van der Waals surface area contributed by atoms with Gasteiger partial charge in [-0.3, -0.25) is 9.59 Å². The summed E-state index contributed by atoms with van der Waals surface area (Å²) in [6.07, 6.45) is 41.8. The van der Waals surface area contributed by atoms with Crippen LogP contribution in [0.25, 0.3) is 0 Å². The molecule has 0 heterocycles. The molecule has 0 aliphatic heterocycles. The largest absolute Gasteiger partial charge is 0.477 e. The second-order valence-electron chi connectivity index (χ2n) is 16.0. The highest BCUT2D eigenvalue weighted by atomic mass is 16.6. The Kier molecular flexibility index (Phi) is 35.8. The molecule has 0 aliphatic rings. The van der Waals surface area contributed by atoms with Crippen LogP contribution in [-0.2, 0) is 28.6 Å². The molecular formula is C46H84NO7+. The summed E-state index contributed by atoms with van der Waals surface area (Å²) in [5.41, 5.74) is 0. The molecule has 0 saturated carbocycles. The fraction of sp³-hybridized carbons (Fsp3) is 0.804. The Morgan fingerprint density at radius 1 is 0.556 bits per heavy atom. The SMILES string of the molecule is CCCCC/C=C/CCCCCCCC(=O)OCC(COCCC(C(=O)O)[N+](C)(C)C)OC(=O)CCCCCCC/C=C/C=C/CCCCCCCCC. The second-order valence-corrected chi connectivity index (χ2v) is 16.0. The van der Waals surface area contributed by atoms with Crippen LogP contribution >= 0.6 is 0 Å². The Morgan fingerprint density at radius 2 is 0.981 bits per heavy atom. The van der Waals surface area contributed by atoms with Gasteiger partial charge in [-0.25, -0.2) is 4.79 Å². The summed E-state index contributed by atoms with van der Waals surface area (Å²) in [6, 6.07) is -0.617. The van der Waals surface area contributed by atoms with Crippen LogP contribution in [0, 0.1) is 0 Å². The second kappa shape index (κ2) is 37.5. The van der Waals surface area contributed by atoms with E-state index in [9.17, 15) is 19.5 Å². The zero-order valence-electron chi connectivity index (χ0n) is 35.7. The molecule has 0 aromatic heterocycles. The molecule has 0 aliphatic carbocycles. The van der Waals surface area contributed by atoms with E-state index in [4.69, 9.17) is 14.2 Å². The summed E-state index contributed by atoms with van der Waals surface area (Å²) in [7, 11) is 5.52. The highest BCUT2D eigenvalue weighted by Gasteiger charge is 2.31. The van der Waals surface area contributed by atoms with Crippen LogP contribution in [0.1, 0.15) is 187 Å². The predicted molar refractivity (Wildman–Crippen MR) is 225 cm³/mol. The lowest BCUT2D eigenvalue weighted by atomic mass is 10.1. The zero-order valence-corrected chi connectivity index (χ0v) is 35.7. The summed E-state index contributed by atoms with van der Waals surface area (Å²) < 4.78 is 17.2. The van der Waals surface area contributed by atoms with Crippen LogP contribution in [-0.4, -0.2) is 80.6 Å². The van der Waals surface area contributed by atoms with Crippen molar-refractivity contribution in [2.24, 2.45) is 0 Å². The fourth-order valence-corrected chi connectivity index (χ4v) is 6.31. The average Bonchev–Trinajstić information content (AvgIpc) is 3.12. The molecule has 314 valence electrons. The number of unbranched alkanes of at least 4 members (excludes halogenated alkanes) is 20. The molecule has 8 nitrogen and oxygen atoms in total. The summed E-state index contributed by atoms with van der Waals surface area (Å²) in [5, 5.41) is 9.61. The first-order valence-electron chi connectivity index (χ1n) is 22.0. The molecule has 0 aromatic rings. The number of ether oxygens (including phenoxy) is 3. The molecule has 0 radical (unpaired) electrons. The predicted octanol–water partition coefficient (Wildman–Crippen LogP) is 11.9. The zero-order chi connectivity index (χ0) is 40.0. The van der Waals surface area contributed by atoms with Gasteiger partial charge >= 0.3 is 17.9 Å². The number of allylic oxidation sites excluding steroid dienone is 6. The maximum absolute atomic E-state index is 12.7. The Bertz CT molecular complexity index is 984. The smallest absolute Gasteiger partial charge is 0.362 e. The van der Waals surface area contributed by atoms with Gasteiger partial charge in [0.25, 0.3) is 0 Å². The summed E-state index contributed by atoms with van der Waals surface area (Å²) in [4.78, 5) is 36.9. The van der Waals surface area contributed by atoms with Crippen molar-refractivity contribution >= 4 is 17.9 Å². The first kappa shape index (κ1) is 51.5. The molecule has 2 atom stereocenters. The van der Waals surface area contributed by atoms with Crippen molar-refractivity contribution in [3.8, 4) is 0 Å². The van der Waals surface area contributed by atoms with Gasteiger partial charge in [-0.1, -0.05) is 140 Å². The van der Waals surface area contributed by atoms with E-state index >= 15 is 0 Å². The van der Waals surface area contributed by atoms with Crippen molar-refractivity contribution in [3.63, 3.8) is 0 Å². The van der Waals surface area contributed by atoms with Gasteiger partial charge in [0.15, 0.2) is 12.1 Å². The number of rotatable bonds is 39. The highest BCUT2D eigenvalue weighted by Crippen LogP contribution is 2.13. The quantitative estimate of drug-likeness (QED) is 0.0219. The number of carbonyl (C=O) groups excluding carboxylic acids is 2. The van der Waals surface area contributed by atoms with Crippen LogP contribution < -0.4 is 0 Å². The Morgan fingerprint density at radius 3 is 1.48 bits per heavy atom. The van der Waals surface area contributed by atoms with Gasteiger partial charge in [-0.15, -0.1) is 0 Å². The van der Waals surface area contributed by atoms with Crippen molar-refractivity contribution in [2.45, 2.75) is 199 Å². The van der Waals surface area contributed by atoms with E-state index in [-0.39, 0.29) is 36.2 Å². The van der Waals surface area contributed by atoms with E-state index in [2.05, 4.69) is 50.3 Å². The third-order valence-electron chi connectivity index (χ3n) is 9.79. The summed E-state index contributed by atoms with van der Waals surface area (Å²) in [5.74, 6) is -1.50. The highest BCUT2D eigenvalue weighted by molar-refractivity contribution is 5.72. The van der Waals surface area contributed by atoms with E-state index in [1.807, 2.05) is 21.1 Å². The number of quaternary nitrogens is 1. The number of carbonyl (C=O) groups is 3. The molecule has 0 amide bonds. The monoisotopic (exact) mass is 763 g/mol. The van der Waals surface area contributed by atoms with Crippen LogP contribution in [0.2, 0.25) is 0 Å². The molecule has 0 fully saturated rings. The first-order chi connectivity index (χ1) is 26.1. The Labute approximate surface area is 332 Å². The minimum Gasteiger partial charge on any atom is -0.477 e. The van der Waals surface area contributed by atoms with Gasteiger partial charge in [-0.05, 0) is 64.2 Å². The third kappa shape index (κ3) is 35.3. The van der Waals surface area contributed by atoms with Gasteiger partial charge in [0.1, 0.15) is 6.61 Å². The van der Waals surface area contributed by atoms with Gasteiger partial charge in [0.2, 0.25) is 0 Å². The van der Waals surface area contributed by atoms with E-state index in [1.54, 1.807) is 0 Å². The fourth-order valence-electron chi connectivity index (χ4n) is 6.31. The van der Waals surface area contributed by atoms with Gasteiger partial charge in [0, 0.05) is 19.3 Å². The lowest BCUT2D eigenvalue weighted by Crippen LogP contribution is -2.50. The number of aliphatic carboxylic acids is 1. The standard InChI is InChI=1S/C46H83NO7/c1-6-8-10-12-14-16-18-20-21-22-23-24-25-27-29-31-33-35-37-45(49)54-42(40-52-39-38-43(46(50)51)47(3,4)5)41-53-44(48)36-34-32-30-28-26-19-17-15-13-11-9-7-2/h15,17,21-24,42-43H,6-14,16,18-20,25-41H2,1-5H3/p+1/b17-15+,22-21+,24-23+. The molecule has 0 saturated heterocycles. The Hall–Kier alpha value is -2.45. The topological polar surface area (TPSA) is 99.1 Å². The number of hydrogen-bond acceptors (Lipinski definition) is 6. The van der Waals surface area contributed by atoms with Crippen LogP contribution in [0.3, 0.4) is 0 Å². The minimum atomic E-state index is -0.879. The number of carboxylic acids is 1. The molecule has 8 heteroatoms. The maximum Gasteiger partial charge on any atom is 0.362 e. The molecular weight excluding hydrogens is 679 g/mol. The maximum atomic E-state index is 12.7. The molecule has 0 spiro atoms. The van der Waals surface area contributed by atoms with Gasteiger partial charge in [-0.2, -0.15) is 0 Å². The third-order valence-corrected chi connectivity index (χ3v) is 9.79. The molecule has 0 rings (SSSR count). The summed E-state index contributed by atoms with van der Waals surface area (Å²) >= 11 is 0.